The van der Waals surface area contributed by atoms with E-state index in [0.29, 0.717) is 17.6 Å². The van der Waals surface area contributed by atoms with Gasteiger partial charge in [-0.1, -0.05) is 12.8 Å². The molecule has 7 heteroatoms. The summed E-state index contributed by atoms with van der Waals surface area (Å²) in [6, 6.07) is 0. The van der Waals surface area contributed by atoms with Crippen molar-refractivity contribution in [1.29, 1.82) is 0 Å². The van der Waals surface area contributed by atoms with E-state index in [-0.39, 0.29) is 24.0 Å². The maximum Gasteiger partial charge on any atom is 0.193 e. The molecule has 0 radical (unpaired) electrons. The van der Waals surface area contributed by atoms with Crippen LogP contribution in [0.25, 0.3) is 0 Å². The summed E-state index contributed by atoms with van der Waals surface area (Å²) in [7, 11) is 3.71. The molecule has 2 saturated heterocycles. The Bertz CT molecular complexity index is 472. The minimum Gasteiger partial charge on any atom is -0.385 e. The van der Waals surface area contributed by atoms with E-state index in [4.69, 9.17) is 14.2 Å². The van der Waals surface area contributed by atoms with Gasteiger partial charge in [0.25, 0.3) is 0 Å². The number of likely N-dealkylation sites (tertiary alicyclic amines) is 1. The first kappa shape index (κ1) is 25.1. The maximum absolute atomic E-state index is 6.16. The zero-order valence-corrected chi connectivity index (χ0v) is 20.8. The van der Waals surface area contributed by atoms with E-state index in [9.17, 15) is 0 Å². The third-order valence-corrected chi connectivity index (χ3v) is 6.87. The number of ether oxygens (including phenoxy) is 3. The fourth-order valence-electron chi connectivity index (χ4n) is 4.97. The van der Waals surface area contributed by atoms with Crippen molar-refractivity contribution in [3.05, 3.63) is 0 Å². The van der Waals surface area contributed by atoms with Crippen LogP contribution in [0.3, 0.4) is 0 Å². The van der Waals surface area contributed by atoms with Gasteiger partial charge in [0.1, 0.15) is 0 Å². The SMILES string of the molecule is CN=C(NCC1(CCOC)CCCC1)N1CCC(OCC2CCCCO2)CC1.I. The summed E-state index contributed by atoms with van der Waals surface area (Å²) in [5.74, 6) is 1.05. The molecular formula is C22H42IN3O3. The molecule has 3 fully saturated rings. The molecule has 2 aliphatic heterocycles. The molecule has 170 valence electrons. The molecule has 1 unspecified atom stereocenters. The van der Waals surface area contributed by atoms with Gasteiger partial charge in [-0.3, -0.25) is 4.99 Å². The minimum atomic E-state index is 0. The predicted octanol–water partition coefficient (Wildman–Crippen LogP) is 3.83. The van der Waals surface area contributed by atoms with Crippen molar-refractivity contribution >= 4 is 29.9 Å². The third-order valence-electron chi connectivity index (χ3n) is 6.87. The van der Waals surface area contributed by atoms with Crippen LogP contribution in [0.2, 0.25) is 0 Å². The van der Waals surface area contributed by atoms with Crippen molar-refractivity contribution in [2.24, 2.45) is 10.4 Å². The predicted molar refractivity (Wildman–Crippen MR) is 128 cm³/mol. The molecule has 1 saturated carbocycles. The number of methoxy groups -OCH3 is 1. The number of guanidine groups is 1. The summed E-state index contributed by atoms with van der Waals surface area (Å²) in [6.45, 7) is 5.56. The number of hydrogen-bond donors (Lipinski definition) is 1. The first-order valence-electron chi connectivity index (χ1n) is 11.4. The highest BCUT2D eigenvalue weighted by molar-refractivity contribution is 14.0. The van der Waals surface area contributed by atoms with Crippen LogP contribution in [0.5, 0.6) is 0 Å². The highest BCUT2D eigenvalue weighted by Gasteiger charge is 2.34. The Morgan fingerprint density at radius 2 is 1.90 bits per heavy atom. The molecule has 3 rings (SSSR count). The number of rotatable bonds is 8. The number of nitrogens with one attached hydrogen (secondary N) is 1. The van der Waals surface area contributed by atoms with E-state index in [0.717, 1.165) is 71.1 Å². The minimum absolute atomic E-state index is 0. The lowest BCUT2D eigenvalue weighted by Crippen LogP contribution is -2.49. The van der Waals surface area contributed by atoms with Crippen LogP contribution < -0.4 is 5.32 Å². The summed E-state index contributed by atoms with van der Waals surface area (Å²) in [5, 5.41) is 3.69. The van der Waals surface area contributed by atoms with Gasteiger partial charge in [0.15, 0.2) is 5.96 Å². The molecule has 0 amide bonds. The van der Waals surface area contributed by atoms with Gasteiger partial charge in [-0.05, 0) is 56.8 Å². The second-order valence-electron chi connectivity index (χ2n) is 8.86. The van der Waals surface area contributed by atoms with Gasteiger partial charge in [0, 0.05) is 47.0 Å². The number of piperidine rings is 1. The van der Waals surface area contributed by atoms with Gasteiger partial charge in [-0.15, -0.1) is 24.0 Å². The summed E-state index contributed by atoms with van der Waals surface area (Å²) in [4.78, 5) is 6.97. The Hall–Kier alpha value is -0.120. The molecule has 1 N–H and O–H groups in total. The van der Waals surface area contributed by atoms with E-state index >= 15 is 0 Å². The van der Waals surface area contributed by atoms with E-state index in [1.807, 2.05) is 14.2 Å². The van der Waals surface area contributed by atoms with Gasteiger partial charge < -0.3 is 24.4 Å². The molecule has 1 aliphatic carbocycles. The van der Waals surface area contributed by atoms with Crippen LogP contribution >= 0.6 is 24.0 Å². The van der Waals surface area contributed by atoms with Crippen molar-refractivity contribution in [3.63, 3.8) is 0 Å². The molecule has 3 aliphatic rings. The molecule has 0 spiro atoms. The van der Waals surface area contributed by atoms with Gasteiger partial charge >= 0.3 is 0 Å². The highest BCUT2D eigenvalue weighted by Crippen LogP contribution is 2.40. The van der Waals surface area contributed by atoms with Crippen molar-refractivity contribution in [1.82, 2.24) is 10.2 Å². The molecule has 0 aromatic rings. The first-order chi connectivity index (χ1) is 13.7. The van der Waals surface area contributed by atoms with E-state index in [1.54, 1.807) is 0 Å². The lowest BCUT2D eigenvalue weighted by atomic mass is 9.83. The van der Waals surface area contributed by atoms with E-state index in [2.05, 4.69) is 15.2 Å². The van der Waals surface area contributed by atoms with E-state index in [1.165, 1.54) is 38.5 Å². The molecule has 29 heavy (non-hydrogen) atoms. The quantitative estimate of drug-likeness (QED) is 0.298. The average Bonchev–Trinajstić information content (AvgIpc) is 3.22. The van der Waals surface area contributed by atoms with E-state index < -0.39 is 0 Å². The summed E-state index contributed by atoms with van der Waals surface area (Å²) in [6.07, 6.45) is 12.9. The number of hydrogen-bond acceptors (Lipinski definition) is 4. The summed E-state index contributed by atoms with van der Waals surface area (Å²) in [5.41, 5.74) is 0.382. The average molecular weight is 524 g/mol. The number of aliphatic imine (C=N–C) groups is 1. The van der Waals surface area contributed by atoms with Crippen LogP contribution in [0.15, 0.2) is 4.99 Å². The lowest BCUT2D eigenvalue weighted by Gasteiger charge is -2.37. The number of nitrogens with zero attached hydrogens (tertiary/aromatic N) is 2. The van der Waals surface area contributed by atoms with Crippen LogP contribution in [0.1, 0.15) is 64.2 Å². The lowest BCUT2D eigenvalue weighted by molar-refractivity contribution is -0.0721. The second-order valence-corrected chi connectivity index (χ2v) is 8.86. The van der Waals surface area contributed by atoms with Crippen LogP contribution in [-0.4, -0.2) is 76.7 Å². The van der Waals surface area contributed by atoms with Gasteiger partial charge in [0.2, 0.25) is 0 Å². The molecule has 6 nitrogen and oxygen atoms in total. The van der Waals surface area contributed by atoms with Crippen LogP contribution in [0, 0.1) is 5.41 Å². The largest absolute Gasteiger partial charge is 0.385 e. The summed E-state index contributed by atoms with van der Waals surface area (Å²) < 4.78 is 17.3. The van der Waals surface area contributed by atoms with Crippen molar-refractivity contribution in [2.45, 2.75) is 76.4 Å². The first-order valence-corrected chi connectivity index (χ1v) is 11.4. The molecule has 2 heterocycles. The Labute approximate surface area is 194 Å². The standard InChI is InChI=1S/C22H41N3O3.HI/c1-23-21(24-18-22(12-16-26-2)10-4-5-11-22)25-13-8-19(9-14-25)28-17-20-7-3-6-15-27-20;/h19-20H,3-18H2,1-2H3,(H,23,24);1H. The second kappa shape index (κ2) is 13.3. The smallest absolute Gasteiger partial charge is 0.193 e. The zero-order valence-electron chi connectivity index (χ0n) is 18.5. The van der Waals surface area contributed by atoms with Gasteiger partial charge in [-0.25, -0.2) is 0 Å². The van der Waals surface area contributed by atoms with Crippen LogP contribution in [0.4, 0.5) is 0 Å². The normalized spacial score (nSPS) is 25.7. The van der Waals surface area contributed by atoms with Gasteiger partial charge in [0.05, 0.1) is 18.8 Å². The molecule has 1 atom stereocenters. The Morgan fingerprint density at radius 1 is 1.14 bits per heavy atom. The van der Waals surface area contributed by atoms with Gasteiger partial charge in [-0.2, -0.15) is 0 Å². The highest BCUT2D eigenvalue weighted by atomic mass is 127. The summed E-state index contributed by atoms with van der Waals surface area (Å²) >= 11 is 0. The zero-order chi connectivity index (χ0) is 19.7. The Balaban J connectivity index is 0.00000300. The number of halogens is 1. The maximum atomic E-state index is 6.16. The Kier molecular flexibility index (Phi) is 11.6. The molecule has 0 bridgehead atoms. The van der Waals surface area contributed by atoms with Crippen LogP contribution in [-0.2, 0) is 14.2 Å². The van der Waals surface area contributed by atoms with Crippen molar-refractivity contribution in [3.8, 4) is 0 Å². The third kappa shape index (κ3) is 7.82. The van der Waals surface area contributed by atoms with Crippen molar-refractivity contribution < 1.29 is 14.2 Å². The molecular weight excluding hydrogens is 481 g/mol. The molecule has 0 aromatic heterocycles. The Morgan fingerprint density at radius 3 is 2.52 bits per heavy atom. The monoisotopic (exact) mass is 523 g/mol. The topological polar surface area (TPSA) is 55.3 Å². The van der Waals surface area contributed by atoms with Crippen molar-refractivity contribution in [2.75, 3.05) is 53.6 Å². The fraction of sp³-hybridized carbons (Fsp3) is 0.955. The molecule has 0 aromatic carbocycles. The fourth-order valence-corrected chi connectivity index (χ4v) is 4.97.